The van der Waals surface area contributed by atoms with Gasteiger partial charge >= 0.3 is 0 Å². The fourth-order valence-corrected chi connectivity index (χ4v) is 2.08. The molecule has 2 N–H and O–H groups in total. The summed E-state index contributed by atoms with van der Waals surface area (Å²) >= 11 is 0. The molecule has 1 saturated heterocycles. The number of rotatable bonds is 5. The first-order valence-electron chi connectivity index (χ1n) is 6.24. The highest BCUT2D eigenvalue weighted by Crippen LogP contribution is 2.14. The Morgan fingerprint density at radius 1 is 1.33 bits per heavy atom. The van der Waals surface area contributed by atoms with Crippen LogP contribution in [0.5, 0.6) is 0 Å². The second-order valence-electron chi connectivity index (χ2n) is 4.95. The summed E-state index contributed by atoms with van der Waals surface area (Å²) in [4.78, 5) is 14.0. The van der Waals surface area contributed by atoms with Gasteiger partial charge in [-0.1, -0.05) is 6.92 Å². The van der Waals surface area contributed by atoms with Crippen molar-refractivity contribution in [2.24, 2.45) is 11.8 Å². The topological polar surface area (TPSA) is 44.4 Å². The lowest BCUT2D eigenvalue weighted by Gasteiger charge is -2.29. The number of likely N-dealkylation sites (tertiary alicyclic amines) is 1. The third-order valence-electron chi connectivity index (χ3n) is 3.36. The van der Waals surface area contributed by atoms with E-state index in [1.165, 1.54) is 12.8 Å². The van der Waals surface area contributed by atoms with Crippen LogP contribution in [-0.2, 0) is 4.79 Å². The van der Waals surface area contributed by atoms with Crippen LogP contribution < -0.4 is 10.6 Å². The van der Waals surface area contributed by atoms with Gasteiger partial charge in [-0.25, -0.2) is 0 Å². The van der Waals surface area contributed by atoms with E-state index in [9.17, 15) is 4.79 Å². The van der Waals surface area contributed by atoms with Crippen LogP contribution in [0.1, 0.15) is 19.8 Å². The normalized spacial score (nSPS) is 18.4. The molecule has 0 radical (unpaired) electrons. The Hall–Kier alpha value is -0.0300. The van der Waals surface area contributed by atoms with Crippen molar-refractivity contribution in [3.05, 3.63) is 0 Å². The molecule has 4 nitrogen and oxygen atoms in total. The van der Waals surface area contributed by atoms with E-state index >= 15 is 0 Å². The van der Waals surface area contributed by atoms with Gasteiger partial charge in [-0.3, -0.25) is 4.79 Å². The van der Waals surface area contributed by atoms with Crippen LogP contribution in [0, 0.1) is 11.8 Å². The minimum Gasteiger partial charge on any atom is -0.356 e. The molecule has 1 amide bonds. The number of hydrogen-bond acceptors (Lipinski definition) is 3. The molecule has 110 valence electrons. The zero-order valence-electron chi connectivity index (χ0n) is 11.6. The highest BCUT2D eigenvalue weighted by atomic mass is 35.5. The molecule has 0 aromatic heterocycles. The third kappa shape index (κ3) is 7.41. The molecule has 1 rings (SSSR count). The lowest BCUT2D eigenvalue weighted by atomic mass is 9.97. The van der Waals surface area contributed by atoms with Crippen LogP contribution in [0.4, 0.5) is 0 Å². The fraction of sp³-hybridized carbons (Fsp3) is 0.917. The van der Waals surface area contributed by atoms with E-state index in [0.717, 1.165) is 26.2 Å². The lowest BCUT2D eigenvalue weighted by Crippen LogP contribution is -2.40. The molecule has 0 aliphatic carbocycles. The molecule has 1 unspecified atom stereocenters. The average Bonchev–Trinajstić information content (AvgIpc) is 2.28. The zero-order chi connectivity index (χ0) is 12.0. The zero-order valence-corrected chi connectivity index (χ0v) is 13.2. The first kappa shape index (κ1) is 20.3. The van der Waals surface area contributed by atoms with Gasteiger partial charge in [-0.15, -0.1) is 24.8 Å². The third-order valence-corrected chi connectivity index (χ3v) is 3.36. The fourth-order valence-electron chi connectivity index (χ4n) is 2.08. The molecule has 0 aromatic rings. The summed E-state index contributed by atoms with van der Waals surface area (Å²) < 4.78 is 0. The highest BCUT2D eigenvalue weighted by Gasteiger charge is 2.18. The van der Waals surface area contributed by atoms with E-state index in [1.54, 1.807) is 0 Å². The Morgan fingerprint density at radius 2 is 1.89 bits per heavy atom. The molecule has 1 aliphatic heterocycles. The van der Waals surface area contributed by atoms with Gasteiger partial charge in [0.25, 0.3) is 0 Å². The molecule has 1 atom stereocenters. The van der Waals surface area contributed by atoms with E-state index in [-0.39, 0.29) is 36.6 Å². The van der Waals surface area contributed by atoms with Crippen molar-refractivity contribution in [3.63, 3.8) is 0 Å². The van der Waals surface area contributed by atoms with Crippen LogP contribution in [0.15, 0.2) is 0 Å². The summed E-state index contributed by atoms with van der Waals surface area (Å²) in [6.07, 6.45) is 2.41. The molecular formula is C12H27Cl2N3O. The molecule has 1 heterocycles. The highest BCUT2D eigenvalue weighted by molar-refractivity contribution is 5.85. The maximum absolute atomic E-state index is 11.7. The van der Waals surface area contributed by atoms with E-state index in [2.05, 4.69) is 22.6 Å². The number of carbonyl (C=O) groups is 1. The Balaban J connectivity index is 0. The lowest BCUT2D eigenvalue weighted by molar-refractivity contribution is -0.124. The summed E-state index contributed by atoms with van der Waals surface area (Å²) in [5.74, 6) is 0.909. The molecule has 18 heavy (non-hydrogen) atoms. The Labute approximate surface area is 123 Å². The van der Waals surface area contributed by atoms with Crippen LogP contribution >= 0.6 is 24.8 Å². The molecule has 1 aliphatic rings. The monoisotopic (exact) mass is 299 g/mol. The van der Waals surface area contributed by atoms with Crippen molar-refractivity contribution < 1.29 is 4.79 Å². The molecule has 0 saturated carbocycles. The van der Waals surface area contributed by atoms with Gasteiger partial charge in [0, 0.05) is 19.0 Å². The second-order valence-corrected chi connectivity index (χ2v) is 4.95. The van der Waals surface area contributed by atoms with Crippen LogP contribution in [0.2, 0.25) is 0 Å². The van der Waals surface area contributed by atoms with E-state index < -0.39 is 0 Å². The molecule has 6 heteroatoms. The van der Waals surface area contributed by atoms with Gasteiger partial charge in [0.05, 0.1) is 0 Å². The van der Waals surface area contributed by atoms with Gasteiger partial charge in [0.2, 0.25) is 5.91 Å². The van der Waals surface area contributed by atoms with Gasteiger partial charge < -0.3 is 15.5 Å². The van der Waals surface area contributed by atoms with Crippen LogP contribution in [-0.4, -0.2) is 51.1 Å². The summed E-state index contributed by atoms with van der Waals surface area (Å²) in [6, 6.07) is 0. The number of nitrogens with zero attached hydrogens (tertiary/aromatic N) is 1. The van der Waals surface area contributed by atoms with Crippen molar-refractivity contribution in [2.75, 3.05) is 40.3 Å². The number of piperidine rings is 1. The predicted octanol–water partition coefficient (Wildman–Crippen LogP) is 1.14. The Morgan fingerprint density at radius 3 is 2.39 bits per heavy atom. The minimum absolute atomic E-state index is 0. The maximum atomic E-state index is 11.7. The van der Waals surface area contributed by atoms with Gasteiger partial charge in [-0.2, -0.15) is 0 Å². The number of halogens is 2. The Kier molecular flexibility index (Phi) is 12.2. The van der Waals surface area contributed by atoms with Crippen molar-refractivity contribution >= 4 is 30.7 Å². The van der Waals surface area contributed by atoms with Crippen LogP contribution in [0.25, 0.3) is 0 Å². The van der Waals surface area contributed by atoms with E-state index in [4.69, 9.17) is 0 Å². The van der Waals surface area contributed by atoms with Crippen molar-refractivity contribution in [1.29, 1.82) is 0 Å². The van der Waals surface area contributed by atoms with Crippen molar-refractivity contribution in [2.45, 2.75) is 19.8 Å². The number of nitrogens with one attached hydrogen (secondary N) is 2. The van der Waals surface area contributed by atoms with Gasteiger partial charge in [0.15, 0.2) is 0 Å². The van der Waals surface area contributed by atoms with Gasteiger partial charge in [-0.05, 0) is 45.9 Å². The smallest absolute Gasteiger partial charge is 0.224 e. The first-order valence-corrected chi connectivity index (χ1v) is 6.24. The molecule has 1 fully saturated rings. The van der Waals surface area contributed by atoms with Gasteiger partial charge in [0.1, 0.15) is 0 Å². The maximum Gasteiger partial charge on any atom is 0.224 e. The summed E-state index contributed by atoms with van der Waals surface area (Å²) in [5, 5.41) is 6.08. The molecule has 0 bridgehead atoms. The van der Waals surface area contributed by atoms with Crippen LogP contribution in [0.3, 0.4) is 0 Å². The second kappa shape index (κ2) is 10.9. The standard InChI is InChI=1S/C12H25N3O.2ClH/c1-10(8-13-2)12(16)14-9-11-4-6-15(3)7-5-11;;/h10-11,13H,4-9H2,1-3H3,(H,14,16);2*1H. The average molecular weight is 300 g/mol. The van der Waals surface area contributed by atoms with E-state index in [1.807, 2.05) is 14.0 Å². The summed E-state index contributed by atoms with van der Waals surface area (Å²) in [7, 11) is 4.03. The predicted molar refractivity (Wildman–Crippen MR) is 80.8 cm³/mol. The summed E-state index contributed by atoms with van der Waals surface area (Å²) in [6.45, 7) is 5.87. The minimum atomic E-state index is 0. The molecule has 0 spiro atoms. The largest absolute Gasteiger partial charge is 0.356 e. The van der Waals surface area contributed by atoms with E-state index in [0.29, 0.717) is 5.92 Å². The van der Waals surface area contributed by atoms with Crippen molar-refractivity contribution in [1.82, 2.24) is 15.5 Å². The quantitative estimate of drug-likeness (QED) is 0.800. The van der Waals surface area contributed by atoms with Crippen molar-refractivity contribution in [3.8, 4) is 0 Å². The molecule has 0 aromatic carbocycles. The Bertz CT molecular complexity index is 221. The summed E-state index contributed by atoms with van der Waals surface area (Å²) in [5.41, 5.74) is 0. The number of carbonyl (C=O) groups excluding carboxylic acids is 1. The number of amides is 1. The molecular weight excluding hydrogens is 273 g/mol. The first-order chi connectivity index (χ1) is 7.63. The number of hydrogen-bond donors (Lipinski definition) is 2. The SMILES string of the molecule is CNCC(C)C(=O)NCC1CCN(C)CC1.Cl.Cl.